The minimum absolute atomic E-state index is 0.170. The number of fused-ring (bicyclic) bond motifs is 1. The van der Waals surface area contributed by atoms with Crippen LogP contribution in [-0.2, 0) is 4.79 Å². The van der Waals surface area contributed by atoms with E-state index in [9.17, 15) is 4.79 Å². The second-order valence-electron chi connectivity index (χ2n) is 9.87. The third kappa shape index (κ3) is 6.17. The number of hydrogen-bond donors (Lipinski definition) is 2. The first kappa shape index (κ1) is 27.4. The maximum absolute atomic E-state index is 12.5. The van der Waals surface area contributed by atoms with Crippen molar-refractivity contribution in [1.29, 1.82) is 0 Å². The van der Waals surface area contributed by atoms with Crippen LogP contribution in [-0.4, -0.2) is 16.0 Å². The molecule has 0 saturated heterocycles. The van der Waals surface area contributed by atoms with Crippen molar-refractivity contribution >= 4 is 57.7 Å². The van der Waals surface area contributed by atoms with Crippen LogP contribution < -0.4 is 10.6 Å². The van der Waals surface area contributed by atoms with Crippen molar-refractivity contribution in [3.8, 4) is 22.8 Å². The molecule has 202 valence electrons. The van der Waals surface area contributed by atoms with Crippen LogP contribution >= 0.6 is 23.8 Å². The van der Waals surface area contributed by atoms with E-state index >= 15 is 0 Å². The molecule has 3 aromatic carbocycles. The molecule has 0 saturated carbocycles. The summed E-state index contributed by atoms with van der Waals surface area (Å²) < 4.78 is 11.8. The zero-order chi connectivity index (χ0) is 28.4. The van der Waals surface area contributed by atoms with E-state index in [0.29, 0.717) is 28.4 Å². The molecule has 0 aliphatic carbocycles. The van der Waals surface area contributed by atoms with Gasteiger partial charge in [-0.2, -0.15) is 0 Å². The largest absolute Gasteiger partial charge is 0.457 e. The van der Waals surface area contributed by atoms with Crippen LogP contribution in [0.1, 0.15) is 42.2 Å². The number of rotatable bonds is 6. The maximum atomic E-state index is 12.5. The summed E-state index contributed by atoms with van der Waals surface area (Å²) in [4.78, 5) is 17.2. The number of carbonyl (C=O) groups excluding carboxylic acids is 1. The van der Waals surface area contributed by atoms with Crippen LogP contribution in [0.2, 0.25) is 5.02 Å². The summed E-state index contributed by atoms with van der Waals surface area (Å²) in [6.45, 7) is 8.19. The fraction of sp³-hybridized carbons (Fsp3) is 0.156. The Labute approximate surface area is 243 Å². The predicted molar refractivity (Wildman–Crippen MR) is 166 cm³/mol. The number of nitrogens with zero attached hydrogens (tertiary/aromatic N) is 1. The molecule has 0 radical (unpaired) electrons. The molecular weight excluding hydrogens is 542 g/mol. The van der Waals surface area contributed by atoms with Gasteiger partial charge in [-0.3, -0.25) is 10.1 Å². The Morgan fingerprint density at radius 2 is 1.73 bits per heavy atom. The summed E-state index contributed by atoms with van der Waals surface area (Å²) in [5.41, 5.74) is 7.10. The summed E-state index contributed by atoms with van der Waals surface area (Å²) in [5.74, 6) is 1.72. The number of amides is 1. The normalized spacial score (nSPS) is 11.4. The third-order valence-electron chi connectivity index (χ3n) is 6.53. The summed E-state index contributed by atoms with van der Waals surface area (Å²) >= 11 is 11.6. The lowest BCUT2D eigenvalue weighted by molar-refractivity contribution is -0.115. The topological polar surface area (TPSA) is 80.3 Å². The first-order valence-electron chi connectivity index (χ1n) is 12.8. The molecule has 5 rings (SSSR count). The fourth-order valence-corrected chi connectivity index (χ4v) is 4.52. The Morgan fingerprint density at radius 1 is 0.950 bits per heavy atom. The Hall–Kier alpha value is -4.20. The number of furan rings is 1. The van der Waals surface area contributed by atoms with Crippen LogP contribution in [0.25, 0.3) is 40.0 Å². The average Bonchev–Trinajstić information content (AvgIpc) is 3.57. The van der Waals surface area contributed by atoms with Crippen LogP contribution in [0, 0.1) is 13.8 Å². The maximum Gasteiger partial charge on any atom is 0.250 e. The number of hydrogen-bond acceptors (Lipinski definition) is 5. The second kappa shape index (κ2) is 11.5. The molecule has 6 nitrogen and oxygen atoms in total. The minimum atomic E-state index is -0.387. The Morgan fingerprint density at radius 3 is 2.50 bits per heavy atom. The van der Waals surface area contributed by atoms with Crippen molar-refractivity contribution < 1.29 is 13.6 Å². The van der Waals surface area contributed by atoms with Crippen LogP contribution in [0.4, 0.5) is 5.69 Å². The van der Waals surface area contributed by atoms with Gasteiger partial charge in [0.25, 0.3) is 0 Å². The smallest absolute Gasteiger partial charge is 0.250 e. The fourth-order valence-electron chi connectivity index (χ4n) is 4.13. The number of aromatic nitrogens is 1. The van der Waals surface area contributed by atoms with Crippen LogP contribution in [0.5, 0.6) is 0 Å². The van der Waals surface area contributed by atoms with Crippen molar-refractivity contribution in [3.63, 3.8) is 0 Å². The predicted octanol–water partition coefficient (Wildman–Crippen LogP) is 8.67. The highest BCUT2D eigenvalue weighted by Crippen LogP contribution is 2.30. The van der Waals surface area contributed by atoms with Gasteiger partial charge in [0.15, 0.2) is 10.7 Å². The van der Waals surface area contributed by atoms with E-state index in [-0.39, 0.29) is 11.0 Å². The number of oxazole rings is 1. The monoisotopic (exact) mass is 569 g/mol. The second-order valence-corrected chi connectivity index (χ2v) is 10.7. The van der Waals surface area contributed by atoms with Gasteiger partial charge in [-0.25, -0.2) is 4.98 Å². The molecule has 2 aromatic heterocycles. The van der Waals surface area contributed by atoms with Gasteiger partial charge in [0.1, 0.15) is 17.0 Å². The number of benzene rings is 3. The lowest BCUT2D eigenvalue weighted by atomic mass is 10.0. The average molecular weight is 570 g/mol. The quantitative estimate of drug-likeness (QED) is 0.157. The minimum Gasteiger partial charge on any atom is -0.457 e. The number of nitrogens with one attached hydrogen (secondary N) is 2. The standard InChI is InChI=1S/C32H28ClN3O3S/c1-18(2)21-9-12-29-27(16-21)34-31(39-29)23-8-6-20(4)26(17-23)35-32(40)36-30(37)14-11-24-10-13-28(38-24)22-7-5-19(3)25(33)15-22/h5-18H,1-4H3,(H2,35,36,37,40)/b14-11+. The molecular formula is C32H28ClN3O3S. The number of halogens is 1. The molecule has 0 spiro atoms. The van der Waals surface area contributed by atoms with Gasteiger partial charge in [-0.1, -0.05) is 49.7 Å². The molecule has 0 aliphatic rings. The summed E-state index contributed by atoms with van der Waals surface area (Å²) in [7, 11) is 0. The number of aryl methyl sites for hydroxylation is 2. The van der Waals surface area contributed by atoms with Crippen LogP contribution in [0.15, 0.2) is 81.6 Å². The molecule has 1 amide bonds. The number of anilines is 1. The number of carbonyl (C=O) groups is 1. The van der Waals surface area contributed by atoms with Crippen molar-refractivity contribution in [1.82, 2.24) is 10.3 Å². The Kier molecular flexibility index (Phi) is 7.87. The van der Waals surface area contributed by atoms with E-state index in [1.165, 1.54) is 11.6 Å². The first-order chi connectivity index (χ1) is 19.2. The molecule has 0 aliphatic heterocycles. The summed E-state index contributed by atoms with van der Waals surface area (Å²) in [6.07, 6.45) is 2.95. The highest BCUT2D eigenvalue weighted by atomic mass is 35.5. The van der Waals surface area contributed by atoms with Gasteiger partial charge in [0.2, 0.25) is 11.8 Å². The van der Waals surface area contributed by atoms with E-state index in [1.807, 2.05) is 62.4 Å². The zero-order valence-corrected chi connectivity index (χ0v) is 24.1. The van der Waals surface area contributed by atoms with Gasteiger partial charge in [-0.15, -0.1) is 0 Å². The van der Waals surface area contributed by atoms with Gasteiger partial charge in [0, 0.05) is 27.9 Å². The van der Waals surface area contributed by atoms with E-state index in [0.717, 1.165) is 39.0 Å². The van der Waals surface area contributed by atoms with Gasteiger partial charge >= 0.3 is 0 Å². The van der Waals surface area contributed by atoms with Crippen molar-refractivity contribution in [3.05, 3.63) is 100 Å². The molecule has 2 heterocycles. The van der Waals surface area contributed by atoms with Crippen molar-refractivity contribution in [2.75, 3.05) is 5.32 Å². The SMILES string of the molecule is Cc1ccc(-c2ccc(/C=C/C(=O)NC(=S)Nc3cc(-c4nc5cc(C(C)C)ccc5o4)ccc3C)o2)cc1Cl. The molecule has 8 heteroatoms. The molecule has 2 N–H and O–H groups in total. The zero-order valence-electron chi connectivity index (χ0n) is 22.5. The molecule has 0 atom stereocenters. The Bertz CT molecular complexity index is 1770. The third-order valence-corrected chi connectivity index (χ3v) is 7.14. The van der Waals surface area contributed by atoms with Crippen molar-refractivity contribution in [2.45, 2.75) is 33.6 Å². The van der Waals surface area contributed by atoms with Crippen molar-refractivity contribution in [2.24, 2.45) is 0 Å². The van der Waals surface area contributed by atoms with E-state index in [4.69, 9.17) is 32.7 Å². The van der Waals surface area contributed by atoms with Gasteiger partial charge in [-0.05, 0) is 97.2 Å². The van der Waals surface area contributed by atoms with E-state index in [2.05, 4.69) is 41.6 Å². The molecule has 5 aromatic rings. The lowest BCUT2D eigenvalue weighted by Crippen LogP contribution is -2.33. The molecule has 0 bridgehead atoms. The summed E-state index contributed by atoms with van der Waals surface area (Å²) in [5, 5.41) is 6.61. The van der Waals surface area contributed by atoms with E-state index in [1.54, 1.807) is 12.1 Å². The van der Waals surface area contributed by atoms with Crippen LogP contribution in [0.3, 0.4) is 0 Å². The lowest BCUT2D eigenvalue weighted by Gasteiger charge is -2.11. The van der Waals surface area contributed by atoms with E-state index < -0.39 is 0 Å². The molecule has 40 heavy (non-hydrogen) atoms. The highest BCUT2D eigenvalue weighted by Gasteiger charge is 2.13. The molecule has 0 fully saturated rings. The highest BCUT2D eigenvalue weighted by molar-refractivity contribution is 7.80. The number of thiocarbonyl (C=S) groups is 1. The van der Waals surface area contributed by atoms with Gasteiger partial charge < -0.3 is 14.2 Å². The van der Waals surface area contributed by atoms with Gasteiger partial charge in [0.05, 0.1) is 0 Å². The molecule has 0 unspecified atom stereocenters. The first-order valence-corrected chi connectivity index (χ1v) is 13.6. The Balaban J connectivity index is 1.24. The summed E-state index contributed by atoms with van der Waals surface area (Å²) in [6, 6.07) is 21.2.